The summed E-state index contributed by atoms with van der Waals surface area (Å²) in [5.41, 5.74) is -0.701. The quantitative estimate of drug-likeness (QED) is 0.815. The van der Waals surface area contributed by atoms with Gasteiger partial charge in [0, 0.05) is 12.2 Å². The first kappa shape index (κ1) is 16.3. The average Bonchev–Trinajstić information content (AvgIpc) is 2.36. The highest BCUT2D eigenvalue weighted by Crippen LogP contribution is 2.32. The number of anilines is 1. The van der Waals surface area contributed by atoms with E-state index in [1.807, 2.05) is 14.1 Å². The number of hydrogen-bond acceptors (Lipinski definition) is 3. The lowest BCUT2D eigenvalue weighted by molar-refractivity contribution is -0.137. The van der Waals surface area contributed by atoms with E-state index in [0.29, 0.717) is 12.2 Å². The molecule has 0 aliphatic heterocycles. The van der Waals surface area contributed by atoms with Gasteiger partial charge in [-0.3, -0.25) is 0 Å². The summed E-state index contributed by atoms with van der Waals surface area (Å²) in [5, 5.41) is 11.8. The van der Waals surface area contributed by atoms with Crippen molar-refractivity contribution in [1.82, 2.24) is 4.90 Å². The summed E-state index contributed by atoms with van der Waals surface area (Å²) in [4.78, 5) is 2.08. The zero-order valence-electron chi connectivity index (χ0n) is 11.6. The fourth-order valence-corrected chi connectivity index (χ4v) is 1.78. The molecule has 0 spiro atoms. The molecule has 110 valence electrons. The highest BCUT2D eigenvalue weighted by atomic mass is 19.4. The largest absolute Gasteiger partial charge is 0.417 e. The van der Waals surface area contributed by atoms with Crippen LogP contribution in [0.2, 0.25) is 0 Å². The van der Waals surface area contributed by atoms with Gasteiger partial charge in [0.1, 0.15) is 0 Å². The van der Waals surface area contributed by atoms with Crippen LogP contribution in [0.4, 0.5) is 18.9 Å². The number of unbranched alkanes of at least 4 members (excludes halogenated alkanes) is 1. The molecule has 1 N–H and O–H groups in total. The zero-order valence-corrected chi connectivity index (χ0v) is 11.6. The number of halogens is 3. The van der Waals surface area contributed by atoms with Gasteiger partial charge >= 0.3 is 6.18 Å². The van der Waals surface area contributed by atoms with Crippen LogP contribution in [-0.4, -0.2) is 32.1 Å². The lowest BCUT2D eigenvalue weighted by Crippen LogP contribution is -2.14. The maximum atomic E-state index is 12.6. The fourth-order valence-electron chi connectivity index (χ4n) is 1.78. The molecule has 3 nitrogen and oxygen atoms in total. The molecule has 1 aromatic rings. The first-order chi connectivity index (χ1) is 9.34. The molecule has 0 saturated heterocycles. The van der Waals surface area contributed by atoms with Crippen molar-refractivity contribution in [2.45, 2.75) is 19.0 Å². The molecule has 0 heterocycles. The van der Waals surface area contributed by atoms with Crippen molar-refractivity contribution in [2.24, 2.45) is 0 Å². The van der Waals surface area contributed by atoms with Crippen molar-refractivity contribution in [3.05, 3.63) is 29.3 Å². The first-order valence-corrected chi connectivity index (χ1v) is 6.34. The smallest absolute Gasteiger partial charge is 0.385 e. The monoisotopic (exact) mass is 285 g/mol. The molecule has 0 unspecified atom stereocenters. The summed E-state index contributed by atoms with van der Waals surface area (Å²) in [6.07, 6.45) is -2.57. The molecule has 0 aliphatic carbocycles. The van der Waals surface area contributed by atoms with Crippen LogP contribution in [0.15, 0.2) is 18.2 Å². The number of nitrogens with zero attached hydrogens (tertiary/aromatic N) is 2. The molecule has 0 fully saturated rings. The van der Waals surface area contributed by atoms with E-state index in [-0.39, 0.29) is 5.56 Å². The van der Waals surface area contributed by atoms with Gasteiger partial charge in [0.05, 0.1) is 17.2 Å². The molecule has 0 radical (unpaired) electrons. The standard InChI is InChI=1S/C14H18F3N3/c1-20(2)8-4-3-7-19-12-5-6-13(14(15,16)17)11(9-12)10-18/h5-6,9,19H,3-4,7-8H2,1-2H3. The Kier molecular flexibility index (Phi) is 5.83. The normalized spacial score (nSPS) is 11.4. The van der Waals surface area contributed by atoms with Gasteiger partial charge in [-0.1, -0.05) is 0 Å². The van der Waals surface area contributed by atoms with E-state index < -0.39 is 11.7 Å². The molecule has 0 atom stereocenters. The van der Waals surface area contributed by atoms with Crippen molar-refractivity contribution in [1.29, 1.82) is 5.26 Å². The van der Waals surface area contributed by atoms with Crippen molar-refractivity contribution in [3.63, 3.8) is 0 Å². The number of nitriles is 1. The van der Waals surface area contributed by atoms with E-state index in [9.17, 15) is 13.2 Å². The molecule has 0 bridgehead atoms. The van der Waals surface area contributed by atoms with E-state index >= 15 is 0 Å². The Hall–Kier alpha value is -1.74. The lowest BCUT2D eigenvalue weighted by Gasteiger charge is -2.12. The Morgan fingerprint density at radius 3 is 2.50 bits per heavy atom. The van der Waals surface area contributed by atoms with Crippen molar-refractivity contribution in [2.75, 3.05) is 32.5 Å². The Labute approximate surface area is 117 Å². The Bertz CT molecular complexity index is 476. The summed E-state index contributed by atoms with van der Waals surface area (Å²) in [6, 6.07) is 5.14. The van der Waals surface area contributed by atoms with Crippen LogP contribution >= 0.6 is 0 Å². The minimum Gasteiger partial charge on any atom is -0.385 e. The molecule has 20 heavy (non-hydrogen) atoms. The van der Waals surface area contributed by atoms with Gasteiger partial charge in [-0.05, 0) is 51.7 Å². The Morgan fingerprint density at radius 1 is 1.25 bits per heavy atom. The molecule has 0 aromatic heterocycles. The second-order valence-corrected chi connectivity index (χ2v) is 4.81. The van der Waals surface area contributed by atoms with Crippen molar-refractivity contribution >= 4 is 5.69 Å². The molecular formula is C14H18F3N3. The highest BCUT2D eigenvalue weighted by Gasteiger charge is 2.33. The molecule has 0 aliphatic rings. The van der Waals surface area contributed by atoms with Gasteiger partial charge in [0.2, 0.25) is 0 Å². The number of hydrogen-bond donors (Lipinski definition) is 1. The Balaban J connectivity index is 2.59. The molecular weight excluding hydrogens is 267 g/mol. The molecule has 6 heteroatoms. The highest BCUT2D eigenvalue weighted by molar-refractivity contribution is 5.53. The minimum absolute atomic E-state index is 0.351. The summed E-state index contributed by atoms with van der Waals surface area (Å²) >= 11 is 0. The average molecular weight is 285 g/mol. The maximum Gasteiger partial charge on any atom is 0.417 e. The van der Waals surface area contributed by atoms with Crippen LogP contribution in [0.25, 0.3) is 0 Å². The zero-order chi connectivity index (χ0) is 15.2. The summed E-state index contributed by atoms with van der Waals surface area (Å²) in [7, 11) is 3.98. The predicted octanol–water partition coefficient (Wildman–Crippen LogP) is 3.33. The molecule has 1 rings (SSSR count). The number of nitrogens with one attached hydrogen (secondary N) is 1. The minimum atomic E-state index is -4.49. The summed E-state index contributed by atoms with van der Waals surface area (Å²) in [5.74, 6) is 0. The third-order valence-electron chi connectivity index (χ3n) is 2.81. The predicted molar refractivity (Wildman–Crippen MR) is 72.4 cm³/mol. The van der Waals surface area contributed by atoms with E-state index in [4.69, 9.17) is 5.26 Å². The summed E-state index contributed by atoms with van der Waals surface area (Å²) in [6.45, 7) is 1.64. The van der Waals surface area contributed by atoms with Gasteiger partial charge in [-0.25, -0.2) is 0 Å². The third kappa shape index (κ3) is 5.10. The van der Waals surface area contributed by atoms with Crippen LogP contribution in [-0.2, 0) is 6.18 Å². The summed E-state index contributed by atoms with van der Waals surface area (Å²) < 4.78 is 37.9. The van der Waals surface area contributed by atoms with Gasteiger partial charge < -0.3 is 10.2 Å². The maximum absolute atomic E-state index is 12.6. The molecule has 0 amide bonds. The second kappa shape index (κ2) is 7.15. The SMILES string of the molecule is CN(C)CCCCNc1ccc(C(F)(F)F)c(C#N)c1. The van der Waals surface area contributed by atoms with Crippen molar-refractivity contribution in [3.8, 4) is 6.07 Å². The van der Waals surface area contributed by atoms with Crippen LogP contribution in [0, 0.1) is 11.3 Å². The van der Waals surface area contributed by atoms with Gasteiger partial charge in [0.15, 0.2) is 0 Å². The molecule has 0 saturated carbocycles. The number of rotatable bonds is 6. The van der Waals surface area contributed by atoms with E-state index in [0.717, 1.165) is 25.5 Å². The topological polar surface area (TPSA) is 39.1 Å². The van der Waals surface area contributed by atoms with Gasteiger partial charge in [-0.2, -0.15) is 18.4 Å². The lowest BCUT2D eigenvalue weighted by atomic mass is 10.1. The van der Waals surface area contributed by atoms with Crippen LogP contribution < -0.4 is 5.32 Å². The van der Waals surface area contributed by atoms with Gasteiger partial charge in [0.25, 0.3) is 0 Å². The Morgan fingerprint density at radius 2 is 1.95 bits per heavy atom. The number of alkyl halides is 3. The molecule has 1 aromatic carbocycles. The second-order valence-electron chi connectivity index (χ2n) is 4.81. The van der Waals surface area contributed by atoms with Crippen LogP contribution in [0.1, 0.15) is 24.0 Å². The van der Waals surface area contributed by atoms with Gasteiger partial charge in [-0.15, -0.1) is 0 Å². The van der Waals surface area contributed by atoms with Crippen LogP contribution in [0.5, 0.6) is 0 Å². The third-order valence-corrected chi connectivity index (χ3v) is 2.81. The van der Waals surface area contributed by atoms with E-state index in [1.54, 1.807) is 6.07 Å². The fraction of sp³-hybridized carbons (Fsp3) is 0.500. The first-order valence-electron chi connectivity index (χ1n) is 6.34. The van der Waals surface area contributed by atoms with Crippen LogP contribution in [0.3, 0.4) is 0 Å². The van der Waals surface area contributed by atoms with E-state index in [2.05, 4.69) is 10.2 Å². The van der Waals surface area contributed by atoms with Crippen molar-refractivity contribution < 1.29 is 13.2 Å². The van der Waals surface area contributed by atoms with E-state index in [1.165, 1.54) is 12.1 Å². The number of benzene rings is 1.